The average molecular weight is 336 g/mol. The number of nitrogens with zero attached hydrogens (tertiary/aromatic N) is 6. The molecule has 7 heteroatoms. The summed E-state index contributed by atoms with van der Waals surface area (Å²) in [5.41, 5.74) is 3.50. The third kappa shape index (κ3) is 2.82. The second-order valence-corrected chi connectivity index (χ2v) is 6.51. The van der Waals surface area contributed by atoms with Crippen molar-refractivity contribution in [2.24, 2.45) is 0 Å². The highest BCUT2D eigenvalue weighted by Gasteiger charge is 2.27. The molecule has 2 aromatic heterocycles. The molecule has 0 saturated carbocycles. The van der Waals surface area contributed by atoms with Crippen LogP contribution in [0.5, 0.6) is 0 Å². The highest BCUT2D eigenvalue weighted by Crippen LogP contribution is 2.26. The van der Waals surface area contributed by atoms with Crippen LogP contribution in [0, 0.1) is 0 Å². The second-order valence-electron chi connectivity index (χ2n) is 6.51. The summed E-state index contributed by atoms with van der Waals surface area (Å²) in [6.45, 7) is 5.90. The SMILES string of the molecule is CC(C)c1cc(N2CCN(c3ccccc3)C(=O)C2)c2nncn2n1. The van der Waals surface area contributed by atoms with Gasteiger partial charge in [-0.25, -0.2) is 0 Å². The number of hydrogen-bond donors (Lipinski definition) is 0. The molecular formula is C18H20N6O. The zero-order valence-corrected chi connectivity index (χ0v) is 14.3. The van der Waals surface area contributed by atoms with Crippen LogP contribution in [-0.2, 0) is 4.79 Å². The van der Waals surface area contributed by atoms with Gasteiger partial charge in [-0.05, 0) is 24.1 Å². The van der Waals surface area contributed by atoms with Gasteiger partial charge in [-0.3, -0.25) is 4.79 Å². The number of aromatic nitrogens is 4. The van der Waals surface area contributed by atoms with E-state index in [-0.39, 0.29) is 11.8 Å². The molecule has 4 rings (SSSR count). The van der Waals surface area contributed by atoms with Gasteiger partial charge in [-0.15, -0.1) is 10.2 Å². The summed E-state index contributed by atoms with van der Waals surface area (Å²) >= 11 is 0. The first-order chi connectivity index (χ1) is 12.1. The first-order valence-electron chi connectivity index (χ1n) is 8.45. The van der Waals surface area contributed by atoms with E-state index in [4.69, 9.17) is 0 Å². The minimum atomic E-state index is 0.0815. The molecule has 3 aromatic rings. The molecule has 0 aliphatic carbocycles. The molecule has 1 aromatic carbocycles. The minimum absolute atomic E-state index is 0.0815. The Hall–Kier alpha value is -2.96. The largest absolute Gasteiger partial charge is 0.357 e. The van der Waals surface area contributed by atoms with Gasteiger partial charge < -0.3 is 9.80 Å². The average Bonchev–Trinajstić information content (AvgIpc) is 3.10. The number of hydrogen-bond acceptors (Lipinski definition) is 5. The molecule has 1 amide bonds. The maximum Gasteiger partial charge on any atom is 0.246 e. The summed E-state index contributed by atoms with van der Waals surface area (Å²) in [6.07, 6.45) is 1.60. The molecule has 1 saturated heterocycles. The smallest absolute Gasteiger partial charge is 0.246 e. The van der Waals surface area contributed by atoms with Gasteiger partial charge in [0.1, 0.15) is 6.33 Å². The lowest BCUT2D eigenvalue weighted by molar-refractivity contribution is -0.117. The van der Waals surface area contributed by atoms with Crippen LogP contribution in [0.1, 0.15) is 25.5 Å². The van der Waals surface area contributed by atoms with Crippen LogP contribution in [0.25, 0.3) is 5.65 Å². The number of benzene rings is 1. The number of rotatable bonds is 3. The Morgan fingerprint density at radius 1 is 1.12 bits per heavy atom. The van der Waals surface area contributed by atoms with Crippen molar-refractivity contribution in [3.05, 3.63) is 48.4 Å². The van der Waals surface area contributed by atoms with E-state index < -0.39 is 0 Å². The molecule has 3 heterocycles. The van der Waals surface area contributed by atoms with Crippen molar-refractivity contribution < 1.29 is 4.79 Å². The first-order valence-corrected chi connectivity index (χ1v) is 8.45. The highest BCUT2D eigenvalue weighted by atomic mass is 16.2. The van der Waals surface area contributed by atoms with E-state index in [1.807, 2.05) is 41.3 Å². The third-order valence-corrected chi connectivity index (χ3v) is 4.49. The van der Waals surface area contributed by atoms with Gasteiger partial charge in [0, 0.05) is 18.8 Å². The van der Waals surface area contributed by atoms with Crippen LogP contribution in [-0.4, -0.2) is 45.4 Å². The van der Waals surface area contributed by atoms with Gasteiger partial charge in [-0.1, -0.05) is 32.0 Å². The molecule has 0 radical (unpaired) electrons. The van der Waals surface area contributed by atoms with Crippen LogP contribution < -0.4 is 9.80 Å². The highest BCUT2D eigenvalue weighted by molar-refractivity contribution is 5.98. The Labute approximate surface area is 145 Å². The van der Waals surface area contributed by atoms with Crippen molar-refractivity contribution in [3.8, 4) is 0 Å². The molecule has 0 bridgehead atoms. The van der Waals surface area contributed by atoms with E-state index in [0.717, 1.165) is 23.6 Å². The van der Waals surface area contributed by atoms with E-state index in [1.165, 1.54) is 0 Å². The maximum absolute atomic E-state index is 12.7. The molecule has 1 fully saturated rings. The maximum atomic E-state index is 12.7. The number of anilines is 2. The summed E-state index contributed by atoms with van der Waals surface area (Å²) < 4.78 is 1.69. The standard InChI is InChI=1S/C18H20N6O/c1-13(2)15-10-16(18-20-19-12-24(18)21-15)22-8-9-23(17(25)11-22)14-6-4-3-5-7-14/h3-7,10,12-13H,8-9,11H2,1-2H3. The van der Waals surface area contributed by atoms with Crippen LogP contribution >= 0.6 is 0 Å². The summed E-state index contributed by atoms with van der Waals surface area (Å²) in [6, 6.07) is 11.8. The lowest BCUT2D eigenvalue weighted by Gasteiger charge is -2.35. The summed E-state index contributed by atoms with van der Waals surface area (Å²) in [5.74, 6) is 0.366. The topological polar surface area (TPSA) is 66.6 Å². The van der Waals surface area contributed by atoms with E-state index in [1.54, 1.807) is 10.8 Å². The monoisotopic (exact) mass is 336 g/mol. The predicted octanol–water partition coefficient (Wildman–Crippen LogP) is 2.10. The Morgan fingerprint density at radius 2 is 1.92 bits per heavy atom. The Balaban J connectivity index is 1.65. The molecule has 1 aliphatic rings. The van der Waals surface area contributed by atoms with Gasteiger partial charge in [-0.2, -0.15) is 9.61 Å². The molecule has 0 spiro atoms. The molecule has 128 valence electrons. The first kappa shape index (κ1) is 15.6. The zero-order chi connectivity index (χ0) is 17.4. The van der Waals surface area contributed by atoms with Gasteiger partial charge in [0.2, 0.25) is 11.6 Å². The molecule has 7 nitrogen and oxygen atoms in total. The lowest BCUT2D eigenvalue weighted by atomic mass is 10.1. The number of para-hydroxylation sites is 1. The van der Waals surface area contributed by atoms with Gasteiger partial charge in [0.15, 0.2) is 0 Å². The number of carbonyl (C=O) groups is 1. The molecule has 0 atom stereocenters. The Morgan fingerprint density at radius 3 is 2.64 bits per heavy atom. The van der Waals surface area contributed by atoms with Crippen LogP contribution in [0.2, 0.25) is 0 Å². The number of carbonyl (C=O) groups excluding carboxylic acids is 1. The van der Waals surface area contributed by atoms with Crippen molar-refractivity contribution in [1.29, 1.82) is 0 Å². The van der Waals surface area contributed by atoms with Gasteiger partial charge in [0.25, 0.3) is 0 Å². The van der Waals surface area contributed by atoms with E-state index in [9.17, 15) is 4.79 Å². The fourth-order valence-electron chi connectivity index (χ4n) is 3.10. The number of amides is 1. The third-order valence-electron chi connectivity index (χ3n) is 4.49. The van der Waals surface area contributed by atoms with Crippen molar-refractivity contribution in [2.75, 3.05) is 29.4 Å². The molecule has 0 N–H and O–H groups in total. The molecule has 0 unspecified atom stereocenters. The minimum Gasteiger partial charge on any atom is -0.357 e. The summed E-state index contributed by atoms with van der Waals surface area (Å²) in [7, 11) is 0. The van der Waals surface area contributed by atoms with Crippen molar-refractivity contribution in [3.63, 3.8) is 0 Å². The van der Waals surface area contributed by atoms with E-state index in [0.29, 0.717) is 18.7 Å². The van der Waals surface area contributed by atoms with E-state index in [2.05, 4.69) is 34.0 Å². The van der Waals surface area contributed by atoms with Crippen LogP contribution in [0.15, 0.2) is 42.7 Å². The van der Waals surface area contributed by atoms with Gasteiger partial charge >= 0.3 is 0 Å². The quantitative estimate of drug-likeness (QED) is 0.733. The van der Waals surface area contributed by atoms with E-state index >= 15 is 0 Å². The lowest BCUT2D eigenvalue weighted by Crippen LogP contribution is -2.50. The molecule has 1 aliphatic heterocycles. The summed E-state index contributed by atoms with van der Waals surface area (Å²) in [5, 5.41) is 12.7. The molecular weight excluding hydrogens is 316 g/mol. The Kier molecular flexibility index (Phi) is 3.83. The summed E-state index contributed by atoms with van der Waals surface area (Å²) in [4.78, 5) is 16.6. The normalized spacial score (nSPS) is 15.4. The van der Waals surface area contributed by atoms with Crippen LogP contribution in [0.4, 0.5) is 11.4 Å². The van der Waals surface area contributed by atoms with Crippen LogP contribution in [0.3, 0.4) is 0 Å². The second kappa shape index (κ2) is 6.16. The predicted molar refractivity (Wildman–Crippen MR) is 95.9 cm³/mol. The number of piperazine rings is 1. The van der Waals surface area contributed by atoms with Crippen molar-refractivity contribution >= 4 is 22.9 Å². The zero-order valence-electron chi connectivity index (χ0n) is 14.3. The fraction of sp³-hybridized carbons (Fsp3) is 0.333. The Bertz CT molecular complexity index is 904. The van der Waals surface area contributed by atoms with Crippen molar-refractivity contribution in [1.82, 2.24) is 19.8 Å². The fourth-order valence-corrected chi connectivity index (χ4v) is 3.10. The van der Waals surface area contributed by atoms with Gasteiger partial charge in [0.05, 0.1) is 17.9 Å². The molecule has 25 heavy (non-hydrogen) atoms. The number of fused-ring (bicyclic) bond motifs is 1. The van der Waals surface area contributed by atoms with Crippen molar-refractivity contribution in [2.45, 2.75) is 19.8 Å².